The summed E-state index contributed by atoms with van der Waals surface area (Å²) in [6.07, 6.45) is 8.00. The molecule has 1 aromatic rings. The van der Waals surface area contributed by atoms with E-state index in [9.17, 15) is 4.39 Å². The van der Waals surface area contributed by atoms with Gasteiger partial charge in [-0.1, -0.05) is 31.9 Å². The molecule has 0 saturated heterocycles. The van der Waals surface area contributed by atoms with Crippen LogP contribution in [0.4, 0.5) is 4.39 Å². The second-order valence-corrected chi connectivity index (χ2v) is 5.95. The molecular weight excluding hydrogens is 237 g/mol. The van der Waals surface area contributed by atoms with Crippen LogP contribution in [-0.2, 0) is 0 Å². The highest BCUT2D eigenvalue weighted by atomic mass is 19.1. The summed E-state index contributed by atoms with van der Waals surface area (Å²) in [5, 5.41) is 3.69. The van der Waals surface area contributed by atoms with Gasteiger partial charge >= 0.3 is 0 Å². The van der Waals surface area contributed by atoms with Gasteiger partial charge in [0.2, 0.25) is 0 Å². The molecule has 0 radical (unpaired) electrons. The number of hydrogen-bond acceptors (Lipinski definition) is 1. The lowest BCUT2D eigenvalue weighted by atomic mass is 9.83. The van der Waals surface area contributed by atoms with Crippen LogP contribution >= 0.6 is 0 Å². The van der Waals surface area contributed by atoms with Crippen LogP contribution in [0.25, 0.3) is 0 Å². The quantitative estimate of drug-likeness (QED) is 0.802. The summed E-state index contributed by atoms with van der Waals surface area (Å²) in [4.78, 5) is 0. The molecule has 2 rings (SSSR count). The topological polar surface area (TPSA) is 12.0 Å². The number of halogens is 1. The van der Waals surface area contributed by atoms with Crippen molar-refractivity contribution >= 4 is 0 Å². The highest BCUT2D eigenvalue weighted by Gasteiger charge is 2.21. The van der Waals surface area contributed by atoms with Crippen molar-refractivity contribution in [2.45, 2.75) is 64.5 Å². The Morgan fingerprint density at radius 2 is 1.79 bits per heavy atom. The number of hydrogen-bond donors (Lipinski definition) is 1. The Morgan fingerprint density at radius 3 is 2.37 bits per heavy atom. The number of nitrogens with one attached hydrogen (secondary N) is 1. The summed E-state index contributed by atoms with van der Waals surface area (Å²) in [5.74, 6) is 0.792. The van der Waals surface area contributed by atoms with Gasteiger partial charge < -0.3 is 5.32 Å². The van der Waals surface area contributed by atoms with Crippen LogP contribution < -0.4 is 5.32 Å². The Hall–Kier alpha value is -0.890. The van der Waals surface area contributed by atoms with Crippen molar-refractivity contribution in [2.24, 2.45) is 5.92 Å². The molecule has 0 unspecified atom stereocenters. The molecule has 0 aliphatic heterocycles. The van der Waals surface area contributed by atoms with Crippen molar-refractivity contribution in [3.8, 4) is 0 Å². The SMILES string of the molecule is CCCC1CCC(N[C@H](C)c2ccc(F)cc2)CC1. The summed E-state index contributed by atoms with van der Waals surface area (Å²) >= 11 is 0. The maximum Gasteiger partial charge on any atom is 0.123 e. The fourth-order valence-electron chi connectivity index (χ4n) is 3.23. The minimum atomic E-state index is -0.156. The lowest BCUT2D eigenvalue weighted by Crippen LogP contribution is -2.35. The van der Waals surface area contributed by atoms with E-state index in [2.05, 4.69) is 19.2 Å². The molecule has 1 N–H and O–H groups in total. The van der Waals surface area contributed by atoms with Gasteiger partial charge in [0.05, 0.1) is 0 Å². The molecule has 1 aliphatic carbocycles. The summed E-state index contributed by atoms with van der Waals surface area (Å²) in [5.41, 5.74) is 1.18. The second-order valence-electron chi connectivity index (χ2n) is 5.95. The first-order valence-electron chi connectivity index (χ1n) is 7.70. The Morgan fingerprint density at radius 1 is 1.16 bits per heavy atom. The first-order valence-corrected chi connectivity index (χ1v) is 7.70. The molecule has 106 valence electrons. The van der Waals surface area contributed by atoms with Gasteiger partial charge in [0.1, 0.15) is 5.82 Å². The van der Waals surface area contributed by atoms with Crippen molar-refractivity contribution in [2.75, 3.05) is 0 Å². The highest BCUT2D eigenvalue weighted by molar-refractivity contribution is 5.19. The van der Waals surface area contributed by atoms with Crippen LogP contribution in [0, 0.1) is 11.7 Å². The van der Waals surface area contributed by atoms with Gasteiger partial charge in [0, 0.05) is 12.1 Å². The van der Waals surface area contributed by atoms with Crippen molar-refractivity contribution in [3.05, 3.63) is 35.6 Å². The van der Waals surface area contributed by atoms with Crippen LogP contribution in [-0.4, -0.2) is 6.04 Å². The first-order chi connectivity index (χ1) is 9.19. The normalized spacial score (nSPS) is 25.2. The lowest BCUT2D eigenvalue weighted by molar-refractivity contribution is 0.266. The molecule has 0 bridgehead atoms. The van der Waals surface area contributed by atoms with Gasteiger partial charge in [0.25, 0.3) is 0 Å². The van der Waals surface area contributed by atoms with Crippen LogP contribution in [0.5, 0.6) is 0 Å². The molecule has 0 amide bonds. The van der Waals surface area contributed by atoms with Gasteiger partial charge in [-0.2, -0.15) is 0 Å². The zero-order chi connectivity index (χ0) is 13.7. The average molecular weight is 263 g/mol. The molecule has 0 spiro atoms. The van der Waals surface area contributed by atoms with E-state index in [1.54, 1.807) is 12.1 Å². The number of benzene rings is 1. The predicted octanol–water partition coefficient (Wildman–Crippen LogP) is 4.84. The zero-order valence-corrected chi connectivity index (χ0v) is 12.2. The van der Waals surface area contributed by atoms with E-state index in [-0.39, 0.29) is 5.82 Å². The Balaban J connectivity index is 1.80. The van der Waals surface area contributed by atoms with E-state index in [4.69, 9.17) is 0 Å². The van der Waals surface area contributed by atoms with Crippen molar-refractivity contribution < 1.29 is 4.39 Å². The van der Waals surface area contributed by atoms with E-state index in [0.717, 1.165) is 5.92 Å². The zero-order valence-electron chi connectivity index (χ0n) is 12.2. The van der Waals surface area contributed by atoms with E-state index in [0.29, 0.717) is 12.1 Å². The third-order valence-electron chi connectivity index (χ3n) is 4.40. The monoisotopic (exact) mass is 263 g/mol. The van der Waals surface area contributed by atoms with E-state index >= 15 is 0 Å². The number of rotatable bonds is 5. The van der Waals surface area contributed by atoms with Crippen LogP contribution in [0.1, 0.15) is 64.0 Å². The highest BCUT2D eigenvalue weighted by Crippen LogP contribution is 2.29. The third kappa shape index (κ3) is 4.31. The molecule has 1 nitrogen and oxygen atoms in total. The summed E-state index contributed by atoms with van der Waals surface area (Å²) < 4.78 is 12.9. The second kappa shape index (κ2) is 7.04. The molecule has 1 aromatic carbocycles. The van der Waals surface area contributed by atoms with Gasteiger partial charge in [-0.05, 0) is 56.2 Å². The van der Waals surface area contributed by atoms with Gasteiger partial charge in [-0.15, -0.1) is 0 Å². The minimum Gasteiger partial charge on any atom is -0.307 e. The minimum absolute atomic E-state index is 0.156. The van der Waals surface area contributed by atoms with Crippen molar-refractivity contribution in [1.29, 1.82) is 0 Å². The predicted molar refractivity (Wildman–Crippen MR) is 78.6 cm³/mol. The Kier molecular flexibility index (Phi) is 5.38. The van der Waals surface area contributed by atoms with Crippen LogP contribution in [0.2, 0.25) is 0 Å². The fourth-order valence-corrected chi connectivity index (χ4v) is 3.23. The fraction of sp³-hybridized carbons (Fsp3) is 0.647. The molecule has 1 fully saturated rings. The van der Waals surface area contributed by atoms with Crippen molar-refractivity contribution in [3.63, 3.8) is 0 Å². The Labute approximate surface area is 116 Å². The van der Waals surface area contributed by atoms with Gasteiger partial charge in [-0.3, -0.25) is 0 Å². The molecule has 19 heavy (non-hydrogen) atoms. The van der Waals surface area contributed by atoms with E-state index in [1.165, 1.54) is 44.1 Å². The van der Waals surface area contributed by atoms with E-state index in [1.807, 2.05) is 12.1 Å². The summed E-state index contributed by atoms with van der Waals surface area (Å²) in [7, 11) is 0. The summed E-state index contributed by atoms with van der Waals surface area (Å²) in [6.45, 7) is 4.45. The molecule has 0 aromatic heterocycles. The largest absolute Gasteiger partial charge is 0.307 e. The Bertz CT molecular complexity index is 365. The van der Waals surface area contributed by atoms with Crippen LogP contribution in [0.15, 0.2) is 24.3 Å². The first kappa shape index (κ1) is 14.5. The average Bonchev–Trinajstić information content (AvgIpc) is 2.42. The van der Waals surface area contributed by atoms with Gasteiger partial charge in [-0.25, -0.2) is 4.39 Å². The molecule has 1 atom stereocenters. The molecular formula is C17H26FN. The lowest BCUT2D eigenvalue weighted by Gasteiger charge is -2.31. The molecule has 1 saturated carbocycles. The smallest absolute Gasteiger partial charge is 0.123 e. The van der Waals surface area contributed by atoms with E-state index < -0.39 is 0 Å². The molecule has 1 aliphatic rings. The van der Waals surface area contributed by atoms with Crippen molar-refractivity contribution in [1.82, 2.24) is 5.32 Å². The molecule has 0 heterocycles. The van der Waals surface area contributed by atoms with Crippen LogP contribution in [0.3, 0.4) is 0 Å². The van der Waals surface area contributed by atoms with Gasteiger partial charge in [0.15, 0.2) is 0 Å². The maximum atomic E-state index is 12.9. The maximum absolute atomic E-state index is 12.9. The standard InChI is InChI=1S/C17H26FN/c1-3-4-14-5-11-17(12-6-14)19-13(2)15-7-9-16(18)10-8-15/h7-10,13-14,17,19H,3-6,11-12H2,1-2H3/t13-,14?,17?/m1/s1. The molecule has 2 heteroatoms. The third-order valence-corrected chi connectivity index (χ3v) is 4.40. The summed E-state index contributed by atoms with van der Waals surface area (Å²) in [6, 6.07) is 7.81.